The number of nitrogens with one attached hydrogen (secondary N) is 1. The largest absolute Gasteiger partial charge is 0.350 e. The lowest BCUT2D eigenvalue weighted by Gasteiger charge is -2.22. The number of rotatable bonds is 5. The maximum atomic E-state index is 13.1. The fourth-order valence-corrected chi connectivity index (χ4v) is 4.16. The molecule has 0 spiro atoms. The summed E-state index contributed by atoms with van der Waals surface area (Å²) in [4.78, 5) is 17.7. The molecule has 0 saturated carbocycles. The third-order valence-electron chi connectivity index (χ3n) is 4.75. The standard InChI is InChI=1S/C19H23N5OS/c1-2-17-21-15(13-26-17)12-23-19(25)24(16-8-4-3-5-9-16)18(22-23)14-7-6-10-20-11-14/h3-5,8-9,13-14,20H,2,6-7,10-12H2,1H3/t14-/m0/s1. The molecule has 7 heteroatoms. The number of aromatic nitrogens is 4. The van der Waals surface area contributed by atoms with Gasteiger partial charge in [-0.1, -0.05) is 25.1 Å². The quantitative estimate of drug-likeness (QED) is 0.751. The first-order valence-corrected chi connectivity index (χ1v) is 10.0. The van der Waals surface area contributed by atoms with Crippen molar-refractivity contribution in [2.75, 3.05) is 13.1 Å². The number of benzene rings is 1. The normalized spacial score (nSPS) is 17.5. The van der Waals surface area contributed by atoms with Crippen LogP contribution in [0.5, 0.6) is 0 Å². The second-order valence-electron chi connectivity index (χ2n) is 6.60. The molecule has 4 rings (SSSR count). The van der Waals surface area contributed by atoms with Crippen molar-refractivity contribution in [2.24, 2.45) is 0 Å². The molecule has 6 nitrogen and oxygen atoms in total. The summed E-state index contributed by atoms with van der Waals surface area (Å²) in [5.41, 5.74) is 1.68. The van der Waals surface area contributed by atoms with E-state index in [0.29, 0.717) is 6.54 Å². The fourth-order valence-electron chi connectivity index (χ4n) is 3.42. The molecule has 2 aromatic heterocycles. The highest BCUT2D eigenvalue weighted by atomic mass is 32.1. The summed E-state index contributed by atoms with van der Waals surface area (Å²) in [5.74, 6) is 1.10. The van der Waals surface area contributed by atoms with E-state index in [2.05, 4.69) is 17.2 Å². The van der Waals surface area contributed by atoms with E-state index in [1.54, 1.807) is 20.6 Å². The van der Waals surface area contributed by atoms with E-state index in [0.717, 1.165) is 54.6 Å². The van der Waals surface area contributed by atoms with E-state index in [1.165, 1.54) is 0 Å². The second kappa shape index (κ2) is 7.55. The van der Waals surface area contributed by atoms with Gasteiger partial charge in [-0.2, -0.15) is 5.10 Å². The lowest BCUT2D eigenvalue weighted by molar-refractivity contribution is 0.439. The van der Waals surface area contributed by atoms with Gasteiger partial charge in [0.15, 0.2) is 0 Å². The minimum Gasteiger partial charge on any atom is -0.316 e. The van der Waals surface area contributed by atoms with Crippen LogP contribution in [0.2, 0.25) is 0 Å². The smallest absolute Gasteiger partial charge is 0.316 e. The van der Waals surface area contributed by atoms with E-state index in [1.807, 2.05) is 35.7 Å². The zero-order chi connectivity index (χ0) is 17.9. The lowest BCUT2D eigenvalue weighted by Crippen LogP contribution is -2.31. The predicted octanol–water partition coefficient (Wildman–Crippen LogP) is 2.57. The molecule has 1 aliphatic rings. The van der Waals surface area contributed by atoms with Crippen LogP contribution in [0.3, 0.4) is 0 Å². The molecule has 26 heavy (non-hydrogen) atoms. The van der Waals surface area contributed by atoms with E-state index in [-0.39, 0.29) is 11.6 Å². The molecule has 0 amide bonds. The first-order valence-electron chi connectivity index (χ1n) is 9.15. The fraction of sp³-hybridized carbons (Fsp3) is 0.421. The Morgan fingerprint density at radius 2 is 2.15 bits per heavy atom. The molecule has 1 aromatic carbocycles. The zero-order valence-electron chi connectivity index (χ0n) is 14.9. The molecule has 0 unspecified atom stereocenters. The Balaban J connectivity index is 1.75. The van der Waals surface area contributed by atoms with Crippen LogP contribution >= 0.6 is 11.3 Å². The van der Waals surface area contributed by atoms with Gasteiger partial charge in [0.1, 0.15) is 5.82 Å². The summed E-state index contributed by atoms with van der Waals surface area (Å²) < 4.78 is 3.33. The summed E-state index contributed by atoms with van der Waals surface area (Å²) in [6, 6.07) is 9.80. The first kappa shape index (κ1) is 17.2. The number of aryl methyl sites for hydroxylation is 1. The maximum Gasteiger partial charge on any atom is 0.350 e. The molecule has 3 heterocycles. The van der Waals surface area contributed by atoms with Gasteiger partial charge >= 0.3 is 5.69 Å². The molecule has 1 saturated heterocycles. The zero-order valence-corrected chi connectivity index (χ0v) is 15.7. The van der Waals surface area contributed by atoms with Gasteiger partial charge in [-0.25, -0.2) is 19.0 Å². The van der Waals surface area contributed by atoms with Gasteiger partial charge in [-0.05, 0) is 37.9 Å². The highest BCUT2D eigenvalue weighted by Gasteiger charge is 2.25. The molecule has 136 valence electrons. The molecule has 1 N–H and O–H groups in total. The van der Waals surface area contributed by atoms with Crippen LogP contribution in [0.25, 0.3) is 5.69 Å². The Bertz CT molecular complexity index is 921. The number of hydrogen-bond acceptors (Lipinski definition) is 5. The van der Waals surface area contributed by atoms with Crippen molar-refractivity contribution < 1.29 is 0 Å². The Labute approximate surface area is 156 Å². The minimum atomic E-state index is -0.0946. The van der Waals surface area contributed by atoms with E-state index >= 15 is 0 Å². The van der Waals surface area contributed by atoms with Crippen molar-refractivity contribution in [3.8, 4) is 5.69 Å². The molecule has 1 aliphatic heterocycles. The monoisotopic (exact) mass is 369 g/mol. The van der Waals surface area contributed by atoms with Crippen LogP contribution in [-0.4, -0.2) is 32.4 Å². The minimum absolute atomic E-state index is 0.0946. The number of nitrogens with zero attached hydrogens (tertiary/aromatic N) is 4. The van der Waals surface area contributed by atoms with Crippen molar-refractivity contribution in [1.29, 1.82) is 0 Å². The summed E-state index contributed by atoms with van der Waals surface area (Å²) in [6.07, 6.45) is 3.07. The van der Waals surface area contributed by atoms with Crippen molar-refractivity contribution >= 4 is 11.3 Å². The van der Waals surface area contributed by atoms with Crippen LogP contribution in [0.1, 0.15) is 42.2 Å². The van der Waals surface area contributed by atoms with Crippen molar-refractivity contribution in [2.45, 2.75) is 38.6 Å². The molecular formula is C19H23N5OS. The Hall–Kier alpha value is -2.25. The molecular weight excluding hydrogens is 346 g/mol. The second-order valence-corrected chi connectivity index (χ2v) is 7.54. The molecule has 0 bridgehead atoms. The highest BCUT2D eigenvalue weighted by Crippen LogP contribution is 2.23. The topological polar surface area (TPSA) is 64.7 Å². The van der Waals surface area contributed by atoms with E-state index < -0.39 is 0 Å². The van der Waals surface area contributed by atoms with E-state index in [9.17, 15) is 4.79 Å². The van der Waals surface area contributed by atoms with Crippen molar-refractivity contribution in [3.63, 3.8) is 0 Å². The first-order chi connectivity index (χ1) is 12.8. The average molecular weight is 369 g/mol. The van der Waals surface area contributed by atoms with Crippen LogP contribution < -0.4 is 11.0 Å². The SMILES string of the molecule is CCc1nc(Cn2nc([C@H]3CCCNC3)n(-c3ccccc3)c2=O)cs1. The van der Waals surface area contributed by atoms with Crippen LogP contribution in [-0.2, 0) is 13.0 Å². The Morgan fingerprint density at radius 3 is 2.85 bits per heavy atom. The summed E-state index contributed by atoms with van der Waals surface area (Å²) in [6.45, 7) is 4.40. The highest BCUT2D eigenvalue weighted by molar-refractivity contribution is 7.09. The molecule has 3 aromatic rings. The van der Waals surface area contributed by atoms with Gasteiger partial charge in [-0.3, -0.25) is 0 Å². The molecule has 0 radical (unpaired) electrons. The summed E-state index contributed by atoms with van der Waals surface area (Å²) in [7, 11) is 0. The number of thiazole rings is 1. The number of para-hydroxylation sites is 1. The molecule has 1 atom stereocenters. The van der Waals surface area contributed by atoms with E-state index in [4.69, 9.17) is 5.10 Å². The Morgan fingerprint density at radius 1 is 1.31 bits per heavy atom. The molecule has 1 fully saturated rings. The number of piperidine rings is 1. The van der Waals surface area contributed by atoms with Crippen LogP contribution in [0.15, 0.2) is 40.5 Å². The predicted molar refractivity (Wildman–Crippen MR) is 103 cm³/mol. The van der Waals surface area contributed by atoms with Gasteiger partial charge < -0.3 is 5.32 Å². The summed E-state index contributed by atoms with van der Waals surface area (Å²) in [5, 5.41) is 11.3. The number of hydrogen-bond donors (Lipinski definition) is 1. The van der Waals surface area contributed by atoms with Crippen LogP contribution in [0, 0.1) is 0 Å². The third-order valence-corrected chi connectivity index (χ3v) is 5.80. The van der Waals surface area contributed by atoms with Gasteiger partial charge in [-0.15, -0.1) is 11.3 Å². The summed E-state index contributed by atoms with van der Waals surface area (Å²) >= 11 is 1.64. The van der Waals surface area contributed by atoms with Gasteiger partial charge in [0.2, 0.25) is 0 Å². The Kier molecular flexibility index (Phi) is 4.99. The third kappa shape index (κ3) is 3.37. The maximum absolute atomic E-state index is 13.1. The average Bonchev–Trinajstić information content (AvgIpc) is 3.28. The van der Waals surface area contributed by atoms with Crippen molar-refractivity contribution in [3.05, 3.63) is 62.7 Å². The molecule has 0 aliphatic carbocycles. The van der Waals surface area contributed by atoms with Crippen LogP contribution in [0.4, 0.5) is 0 Å². The lowest BCUT2D eigenvalue weighted by atomic mass is 9.99. The van der Waals surface area contributed by atoms with Crippen molar-refractivity contribution in [1.82, 2.24) is 24.6 Å². The van der Waals surface area contributed by atoms with Gasteiger partial charge in [0.05, 0.1) is 22.9 Å². The van der Waals surface area contributed by atoms with Gasteiger partial charge in [0.25, 0.3) is 0 Å². The van der Waals surface area contributed by atoms with Gasteiger partial charge in [0, 0.05) is 17.8 Å².